The zero-order valence-corrected chi connectivity index (χ0v) is 12.5. The second-order valence-corrected chi connectivity index (χ2v) is 5.94. The molecule has 0 radical (unpaired) electrons. The van der Waals surface area contributed by atoms with Gasteiger partial charge in [-0.1, -0.05) is 6.92 Å². The molecule has 0 unspecified atom stereocenters. The van der Waals surface area contributed by atoms with Crippen LogP contribution in [0.15, 0.2) is 18.5 Å². The second-order valence-electron chi connectivity index (χ2n) is 5.94. The summed E-state index contributed by atoms with van der Waals surface area (Å²) in [6.07, 6.45) is 7.96. The molecular formula is C16H26N4. The molecule has 0 aromatic carbocycles. The van der Waals surface area contributed by atoms with Gasteiger partial charge in [0.25, 0.3) is 0 Å². The first-order valence-electron chi connectivity index (χ1n) is 8.01. The molecule has 1 aromatic heterocycles. The minimum absolute atomic E-state index is 0.900. The van der Waals surface area contributed by atoms with Gasteiger partial charge in [0.05, 0.1) is 11.9 Å². The van der Waals surface area contributed by atoms with Crippen LogP contribution in [-0.4, -0.2) is 48.6 Å². The van der Waals surface area contributed by atoms with Crippen LogP contribution in [0.2, 0.25) is 0 Å². The highest BCUT2D eigenvalue weighted by Gasteiger charge is 2.31. The summed E-state index contributed by atoms with van der Waals surface area (Å²) < 4.78 is 0. The average Bonchev–Trinajstić information content (AvgIpc) is 3.33. The summed E-state index contributed by atoms with van der Waals surface area (Å²) in [4.78, 5) is 9.50. The van der Waals surface area contributed by atoms with E-state index in [1.54, 1.807) is 0 Å². The van der Waals surface area contributed by atoms with Crippen molar-refractivity contribution in [2.24, 2.45) is 0 Å². The minimum Gasteiger partial charge on any atom is -0.367 e. The maximum atomic E-state index is 4.33. The minimum atomic E-state index is 0.900. The SMILES string of the molecule is CCCNCc1ccncc1N1CCN(C2CC2)CC1. The Kier molecular flexibility index (Phi) is 4.53. The Balaban J connectivity index is 1.61. The van der Waals surface area contributed by atoms with Crippen LogP contribution in [-0.2, 0) is 6.54 Å². The van der Waals surface area contributed by atoms with Crippen molar-refractivity contribution < 1.29 is 0 Å². The van der Waals surface area contributed by atoms with Crippen molar-refractivity contribution in [1.29, 1.82) is 0 Å². The third-order valence-electron chi connectivity index (χ3n) is 4.35. The van der Waals surface area contributed by atoms with Gasteiger partial charge in [-0.15, -0.1) is 0 Å². The molecule has 110 valence electrons. The number of hydrogen-bond donors (Lipinski definition) is 1. The molecule has 0 amide bonds. The molecule has 4 nitrogen and oxygen atoms in total. The third kappa shape index (κ3) is 3.30. The van der Waals surface area contributed by atoms with Crippen LogP contribution in [0.1, 0.15) is 31.7 Å². The van der Waals surface area contributed by atoms with Crippen molar-refractivity contribution in [2.75, 3.05) is 37.6 Å². The molecule has 0 atom stereocenters. The maximum Gasteiger partial charge on any atom is 0.0599 e. The van der Waals surface area contributed by atoms with E-state index >= 15 is 0 Å². The van der Waals surface area contributed by atoms with E-state index in [0.29, 0.717) is 0 Å². The van der Waals surface area contributed by atoms with Crippen molar-refractivity contribution in [3.05, 3.63) is 24.0 Å². The molecule has 3 rings (SSSR count). The molecule has 4 heteroatoms. The number of nitrogens with zero attached hydrogens (tertiary/aromatic N) is 3. The van der Waals surface area contributed by atoms with E-state index in [2.05, 4.69) is 33.1 Å². The van der Waals surface area contributed by atoms with E-state index in [1.807, 2.05) is 12.4 Å². The number of piperazine rings is 1. The maximum absolute atomic E-state index is 4.33. The number of aromatic nitrogens is 1. The monoisotopic (exact) mass is 274 g/mol. The summed E-state index contributed by atoms with van der Waals surface area (Å²) in [5, 5.41) is 3.50. The van der Waals surface area contributed by atoms with Gasteiger partial charge in [0, 0.05) is 45.0 Å². The van der Waals surface area contributed by atoms with Gasteiger partial charge in [-0.3, -0.25) is 9.88 Å². The van der Waals surface area contributed by atoms with Gasteiger partial charge in [-0.25, -0.2) is 0 Å². The Morgan fingerprint density at radius 3 is 2.75 bits per heavy atom. The van der Waals surface area contributed by atoms with Crippen LogP contribution in [0.3, 0.4) is 0 Å². The summed E-state index contributed by atoms with van der Waals surface area (Å²) in [6, 6.07) is 3.06. The summed E-state index contributed by atoms with van der Waals surface area (Å²) in [7, 11) is 0. The fourth-order valence-corrected chi connectivity index (χ4v) is 3.02. The Morgan fingerprint density at radius 1 is 1.25 bits per heavy atom. The largest absolute Gasteiger partial charge is 0.367 e. The molecule has 20 heavy (non-hydrogen) atoms. The Labute approximate surface area is 122 Å². The highest BCUT2D eigenvalue weighted by molar-refractivity contribution is 5.52. The molecule has 1 saturated carbocycles. The molecule has 1 aliphatic carbocycles. The summed E-state index contributed by atoms with van der Waals surface area (Å²) in [5.74, 6) is 0. The zero-order valence-electron chi connectivity index (χ0n) is 12.5. The third-order valence-corrected chi connectivity index (χ3v) is 4.35. The van der Waals surface area contributed by atoms with Gasteiger partial charge in [0.15, 0.2) is 0 Å². The molecule has 2 heterocycles. The Bertz CT molecular complexity index is 422. The normalized spacial score (nSPS) is 20.4. The number of hydrogen-bond acceptors (Lipinski definition) is 4. The topological polar surface area (TPSA) is 31.4 Å². The summed E-state index contributed by atoms with van der Waals surface area (Å²) in [5.41, 5.74) is 2.71. The van der Waals surface area contributed by atoms with E-state index in [4.69, 9.17) is 0 Å². The van der Waals surface area contributed by atoms with E-state index in [9.17, 15) is 0 Å². The van der Waals surface area contributed by atoms with Gasteiger partial charge in [0.1, 0.15) is 0 Å². The van der Waals surface area contributed by atoms with Crippen LogP contribution in [0.25, 0.3) is 0 Å². The van der Waals surface area contributed by atoms with Crippen molar-refractivity contribution in [1.82, 2.24) is 15.2 Å². The van der Waals surface area contributed by atoms with Crippen LogP contribution < -0.4 is 10.2 Å². The highest BCUT2D eigenvalue weighted by atomic mass is 15.3. The van der Waals surface area contributed by atoms with Crippen molar-refractivity contribution in [3.63, 3.8) is 0 Å². The Morgan fingerprint density at radius 2 is 2.05 bits per heavy atom. The summed E-state index contributed by atoms with van der Waals surface area (Å²) in [6.45, 7) is 8.94. The Hall–Kier alpha value is -1.13. The van der Waals surface area contributed by atoms with E-state index in [-0.39, 0.29) is 0 Å². The van der Waals surface area contributed by atoms with Gasteiger partial charge in [0.2, 0.25) is 0 Å². The van der Waals surface area contributed by atoms with Gasteiger partial charge in [-0.05, 0) is 37.4 Å². The van der Waals surface area contributed by atoms with E-state index in [1.165, 1.54) is 43.6 Å². The van der Waals surface area contributed by atoms with Crippen molar-refractivity contribution >= 4 is 5.69 Å². The lowest BCUT2D eigenvalue weighted by molar-refractivity contribution is 0.248. The van der Waals surface area contributed by atoms with Crippen LogP contribution >= 0.6 is 0 Å². The first kappa shape index (κ1) is 13.8. The van der Waals surface area contributed by atoms with Gasteiger partial charge in [-0.2, -0.15) is 0 Å². The highest BCUT2D eigenvalue weighted by Crippen LogP contribution is 2.29. The predicted molar refractivity (Wildman–Crippen MR) is 83.0 cm³/mol. The number of anilines is 1. The lowest BCUT2D eigenvalue weighted by Crippen LogP contribution is -2.47. The average molecular weight is 274 g/mol. The second kappa shape index (κ2) is 6.55. The first-order chi connectivity index (χ1) is 9.88. The molecule has 2 aliphatic rings. The smallest absolute Gasteiger partial charge is 0.0599 e. The standard InChI is InChI=1S/C16H26N4/c1-2-6-17-12-14-5-7-18-13-16(14)20-10-8-19(9-11-20)15-3-4-15/h5,7,13,15,17H,2-4,6,8-12H2,1H3. The van der Waals surface area contributed by atoms with E-state index < -0.39 is 0 Å². The molecule has 0 spiro atoms. The van der Waals surface area contributed by atoms with Crippen molar-refractivity contribution in [2.45, 2.75) is 38.8 Å². The molecule has 1 aromatic rings. The summed E-state index contributed by atoms with van der Waals surface area (Å²) >= 11 is 0. The van der Waals surface area contributed by atoms with E-state index in [0.717, 1.165) is 32.2 Å². The lowest BCUT2D eigenvalue weighted by Gasteiger charge is -2.37. The fourth-order valence-electron chi connectivity index (χ4n) is 3.02. The van der Waals surface area contributed by atoms with Gasteiger partial charge < -0.3 is 10.2 Å². The zero-order chi connectivity index (χ0) is 13.8. The predicted octanol–water partition coefficient (Wildman–Crippen LogP) is 1.87. The molecule has 2 fully saturated rings. The van der Waals surface area contributed by atoms with Crippen LogP contribution in [0, 0.1) is 0 Å². The van der Waals surface area contributed by atoms with Crippen LogP contribution in [0.5, 0.6) is 0 Å². The quantitative estimate of drug-likeness (QED) is 0.803. The number of nitrogens with one attached hydrogen (secondary N) is 1. The van der Waals surface area contributed by atoms with Gasteiger partial charge >= 0.3 is 0 Å². The molecule has 1 aliphatic heterocycles. The molecular weight excluding hydrogens is 248 g/mol. The first-order valence-corrected chi connectivity index (χ1v) is 8.01. The van der Waals surface area contributed by atoms with Crippen molar-refractivity contribution in [3.8, 4) is 0 Å². The lowest BCUT2D eigenvalue weighted by atomic mass is 10.1. The fraction of sp³-hybridized carbons (Fsp3) is 0.688. The number of pyridine rings is 1. The van der Waals surface area contributed by atoms with Crippen LogP contribution in [0.4, 0.5) is 5.69 Å². The number of rotatable bonds is 6. The molecule has 1 saturated heterocycles. The molecule has 0 bridgehead atoms. The molecule has 1 N–H and O–H groups in total.